The van der Waals surface area contributed by atoms with E-state index in [0.29, 0.717) is 8.83 Å². The molecule has 0 aromatic carbocycles. The van der Waals surface area contributed by atoms with Crippen LogP contribution in [0.5, 0.6) is 5.88 Å². The lowest BCUT2D eigenvalue weighted by atomic mass is 10.4. The number of carboxylic acids is 1. The number of aliphatic carboxylic acids is 1. The largest absolute Gasteiger partial charge is 0.494 e. The molecule has 0 fully saturated rings. The zero-order valence-corrected chi connectivity index (χ0v) is 8.69. The van der Waals surface area contributed by atoms with Gasteiger partial charge in [0.2, 0.25) is 5.88 Å². The molecule has 5 nitrogen and oxygen atoms in total. The second kappa shape index (κ2) is 4.87. The number of carboxylic acid groups (broad SMARTS) is 1. The van der Waals surface area contributed by atoms with Crippen molar-refractivity contribution in [2.45, 2.75) is 6.42 Å². The molecule has 1 aromatic heterocycles. The van der Waals surface area contributed by atoms with Gasteiger partial charge in [-0.25, -0.2) is 0 Å². The van der Waals surface area contributed by atoms with Crippen molar-refractivity contribution in [3.05, 3.63) is 8.83 Å². The van der Waals surface area contributed by atoms with E-state index in [1.54, 1.807) is 0 Å². The Morgan fingerprint density at radius 1 is 1.71 bits per heavy atom. The summed E-state index contributed by atoms with van der Waals surface area (Å²) in [6.07, 6.45) is 1.39. The van der Waals surface area contributed by atoms with E-state index in [0.717, 1.165) is 0 Å². The Hall–Kier alpha value is -1.21. The quantitative estimate of drug-likeness (QED) is 0.541. The van der Waals surface area contributed by atoms with Crippen molar-refractivity contribution in [1.29, 1.82) is 0 Å². The predicted molar refractivity (Wildman–Crippen MR) is 55.9 cm³/mol. The zero-order chi connectivity index (χ0) is 10.6. The van der Waals surface area contributed by atoms with Gasteiger partial charge < -0.3 is 15.2 Å². The minimum Gasteiger partial charge on any atom is -0.494 e. The number of rotatable bonds is 4. The fraction of sp³-hybridized carbons (Fsp3) is 0.286. The third kappa shape index (κ3) is 3.27. The smallest absolute Gasteiger partial charge is 0.305 e. The first-order valence-corrected chi connectivity index (χ1v) is 4.96. The van der Waals surface area contributed by atoms with E-state index >= 15 is 0 Å². The molecule has 0 radical (unpaired) electrons. The van der Waals surface area contributed by atoms with Crippen LogP contribution in [-0.2, 0) is 4.79 Å². The van der Waals surface area contributed by atoms with Crippen LogP contribution in [-0.4, -0.2) is 33.9 Å². The maximum atomic E-state index is 10.1. The van der Waals surface area contributed by atoms with Crippen LogP contribution >= 0.6 is 23.6 Å². The summed E-state index contributed by atoms with van der Waals surface area (Å²) >= 11 is 5.97. The highest BCUT2D eigenvalue weighted by atomic mass is 32.1. The van der Waals surface area contributed by atoms with Crippen LogP contribution < -0.4 is 0 Å². The van der Waals surface area contributed by atoms with Crippen molar-refractivity contribution in [1.82, 2.24) is 4.98 Å². The Labute approximate surface area is 88.8 Å². The third-order valence-corrected chi connectivity index (χ3v) is 2.48. The first-order valence-electron chi connectivity index (χ1n) is 3.73. The van der Waals surface area contributed by atoms with E-state index in [1.165, 1.54) is 17.6 Å². The van der Waals surface area contributed by atoms with Gasteiger partial charge in [-0.05, 0) is 12.2 Å². The first kappa shape index (κ1) is 10.9. The van der Waals surface area contributed by atoms with E-state index in [2.05, 4.69) is 9.98 Å². The highest BCUT2D eigenvalue weighted by Crippen LogP contribution is 2.18. The number of nitrogens with zero attached hydrogens (tertiary/aromatic N) is 1. The van der Waals surface area contributed by atoms with E-state index in [9.17, 15) is 9.90 Å². The van der Waals surface area contributed by atoms with Gasteiger partial charge in [-0.15, -0.1) is 0 Å². The Morgan fingerprint density at radius 3 is 2.93 bits per heavy atom. The standard InChI is InChI=1S/C7H8N2O3S2/c10-5(11)1-2-8-3-4-6(12)9-7(13)14-4/h3,12H,1-2H2,(H,9,13)(H,10,11). The van der Waals surface area contributed by atoms with Gasteiger partial charge in [0.25, 0.3) is 0 Å². The normalized spacial score (nSPS) is 10.9. The minimum absolute atomic E-state index is 0.0208. The van der Waals surface area contributed by atoms with Crippen LogP contribution in [0.1, 0.15) is 11.3 Å². The molecule has 0 saturated heterocycles. The summed E-state index contributed by atoms with van der Waals surface area (Å²) in [6, 6.07) is 0. The number of nitrogens with one attached hydrogen (secondary N) is 1. The van der Waals surface area contributed by atoms with Gasteiger partial charge in [-0.1, -0.05) is 11.3 Å². The van der Waals surface area contributed by atoms with Crippen LogP contribution in [0, 0.1) is 3.95 Å². The summed E-state index contributed by atoms with van der Waals surface area (Å²) in [4.78, 5) is 17.0. The predicted octanol–water partition coefficient (Wildman–Crippen LogP) is 1.40. The van der Waals surface area contributed by atoms with Crippen molar-refractivity contribution in [3.8, 4) is 5.88 Å². The zero-order valence-electron chi connectivity index (χ0n) is 7.06. The molecule has 0 bridgehead atoms. The monoisotopic (exact) mass is 232 g/mol. The Kier molecular flexibility index (Phi) is 3.78. The van der Waals surface area contributed by atoms with Gasteiger partial charge in [0.15, 0.2) is 3.95 Å². The van der Waals surface area contributed by atoms with Crippen molar-refractivity contribution in [2.24, 2.45) is 4.99 Å². The van der Waals surface area contributed by atoms with Crippen molar-refractivity contribution >= 4 is 35.7 Å². The SMILES string of the molecule is O=C(O)CCN=Cc1sc(=S)[nH]c1O. The highest BCUT2D eigenvalue weighted by molar-refractivity contribution is 7.73. The van der Waals surface area contributed by atoms with Crippen LogP contribution in [0.3, 0.4) is 0 Å². The number of H-pyrrole nitrogens is 1. The lowest BCUT2D eigenvalue weighted by Gasteiger charge is -1.88. The van der Waals surface area contributed by atoms with E-state index in [1.807, 2.05) is 0 Å². The van der Waals surface area contributed by atoms with Gasteiger partial charge in [0.05, 0.1) is 6.42 Å². The summed E-state index contributed by atoms with van der Waals surface area (Å²) in [5.41, 5.74) is 0. The number of aromatic amines is 1. The molecule has 1 heterocycles. The average molecular weight is 232 g/mol. The molecule has 0 aliphatic heterocycles. The minimum atomic E-state index is -0.895. The first-order chi connectivity index (χ1) is 6.59. The molecule has 0 aliphatic rings. The molecule has 0 aliphatic carbocycles. The highest BCUT2D eigenvalue weighted by Gasteiger charge is 2.00. The summed E-state index contributed by atoms with van der Waals surface area (Å²) < 4.78 is 0.460. The number of aromatic hydroxyl groups is 1. The molecule has 0 atom stereocenters. The number of thiazole rings is 1. The summed E-state index contributed by atoms with van der Waals surface area (Å²) in [5, 5.41) is 17.5. The lowest BCUT2D eigenvalue weighted by molar-refractivity contribution is -0.136. The molecular weight excluding hydrogens is 224 g/mol. The molecule has 1 rings (SSSR count). The van der Waals surface area contributed by atoms with E-state index < -0.39 is 5.97 Å². The molecular formula is C7H8N2O3S2. The maximum Gasteiger partial charge on any atom is 0.305 e. The van der Waals surface area contributed by atoms with E-state index in [4.69, 9.17) is 17.3 Å². The molecule has 0 unspecified atom stereocenters. The second-order valence-corrected chi connectivity index (χ2v) is 4.13. The number of aromatic nitrogens is 1. The molecule has 7 heteroatoms. The molecule has 1 aromatic rings. The van der Waals surface area contributed by atoms with Crippen LogP contribution in [0.15, 0.2) is 4.99 Å². The van der Waals surface area contributed by atoms with Crippen molar-refractivity contribution < 1.29 is 15.0 Å². The lowest BCUT2D eigenvalue weighted by Crippen LogP contribution is -1.96. The van der Waals surface area contributed by atoms with Crippen molar-refractivity contribution in [2.75, 3.05) is 6.54 Å². The van der Waals surface area contributed by atoms with Gasteiger partial charge in [-0.2, -0.15) is 0 Å². The van der Waals surface area contributed by atoms with Crippen LogP contribution in [0.25, 0.3) is 0 Å². The van der Waals surface area contributed by atoms with Crippen molar-refractivity contribution in [3.63, 3.8) is 0 Å². The number of hydrogen-bond donors (Lipinski definition) is 3. The van der Waals surface area contributed by atoms with Crippen LogP contribution in [0.2, 0.25) is 0 Å². The van der Waals surface area contributed by atoms with E-state index in [-0.39, 0.29) is 18.8 Å². The molecule has 0 saturated carbocycles. The number of aliphatic imine (C=N–C) groups is 1. The molecule has 0 spiro atoms. The van der Waals surface area contributed by atoms with Crippen LogP contribution in [0.4, 0.5) is 0 Å². The van der Waals surface area contributed by atoms with Gasteiger partial charge in [0.1, 0.15) is 4.88 Å². The summed E-state index contributed by atoms with van der Waals surface area (Å²) in [7, 11) is 0. The van der Waals surface area contributed by atoms with Gasteiger partial charge >= 0.3 is 5.97 Å². The maximum absolute atomic E-state index is 10.1. The molecule has 3 N–H and O–H groups in total. The van der Waals surface area contributed by atoms with Gasteiger partial charge in [0, 0.05) is 12.8 Å². The van der Waals surface area contributed by atoms with Gasteiger partial charge in [-0.3, -0.25) is 9.79 Å². The fourth-order valence-electron chi connectivity index (χ4n) is 0.727. The number of carbonyl (C=O) groups is 1. The summed E-state index contributed by atoms with van der Waals surface area (Å²) in [6.45, 7) is 0.194. The Morgan fingerprint density at radius 2 is 2.43 bits per heavy atom. The average Bonchev–Trinajstić information content (AvgIpc) is 2.39. The second-order valence-electron chi connectivity index (χ2n) is 2.41. The molecule has 76 valence electrons. The summed E-state index contributed by atoms with van der Waals surface area (Å²) in [5.74, 6) is -0.924. The Bertz CT molecular complexity index is 407. The third-order valence-electron chi connectivity index (χ3n) is 1.32. The number of hydrogen-bond acceptors (Lipinski definition) is 5. The Balaban J connectivity index is 2.56. The molecule has 0 amide bonds. The molecule has 14 heavy (non-hydrogen) atoms. The fourth-order valence-corrected chi connectivity index (χ4v) is 1.72. The topological polar surface area (TPSA) is 85.7 Å².